The van der Waals surface area contributed by atoms with E-state index in [0.717, 1.165) is 19.3 Å². The highest BCUT2D eigenvalue weighted by molar-refractivity contribution is 5.69. The molecule has 50 heavy (non-hydrogen) atoms. The molecular formula is C40H76O10. The van der Waals surface area contributed by atoms with Crippen LogP contribution in [0.4, 0.5) is 0 Å². The number of carbonyl (C=O) groups is 1. The van der Waals surface area contributed by atoms with Gasteiger partial charge < -0.3 is 44.1 Å². The van der Waals surface area contributed by atoms with Crippen LogP contribution in [-0.4, -0.2) is 94.4 Å². The normalized spacial score (nSPS) is 27.1. The number of esters is 1. The van der Waals surface area contributed by atoms with Gasteiger partial charge in [0.1, 0.15) is 30.5 Å². The molecule has 0 aliphatic carbocycles. The number of aliphatic hydroxyl groups excluding tert-OH is 4. The minimum absolute atomic E-state index is 0.192. The molecule has 0 bridgehead atoms. The molecule has 296 valence electrons. The lowest BCUT2D eigenvalue weighted by Gasteiger charge is -2.40. The summed E-state index contributed by atoms with van der Waals surface area (Å²) in [7, 11) is 0. The quantitative estimate of drug-likeness (QED) is 0.0433. The summed E-state index contributed by atoms with van der Waals surface area (Å²) in [6.45, 7) is 6.91. The van der Waals surface area contributed by atoms with Crippen LogP contribution in [0.1, 0.15) is 182 Å². The van der Waals surface area contributed by atoms with Gasteiger partial charge in [-0.15, -0.1) is 0 Å². The summed E-state index contributed by atoms with van der Waals surface area (Å²) in [5.41, 5.74) is 0. The zero-order valence-corrected chi connectivity index (χ0v) is 32.2. The van der Waals surface area contributed by atoms with Gasteiger partial charge in [0.25, 0.3) is 0 Å². The molecular weight excluding hydrogens is 640 g/mol. The average molecular weight is 717 g/mol. The van der Waals surface area contributed by atoms with Crippen molar-refractivity contribution in [2.24, 2.45) is 0 Å². The van der Waals surface area contributed by atoms with E-state index < -0.39 is 55.3 Å². The van der Waals surface area contributed by atoms with Crippen LogP contribution in [0.25, 0.3) is 0 Å². The fourth-order valence-corrected chi connectivity index (χ4v) is 7.22. The van der Waals surface area contributed by atoms with Crippen molar-refractivity contribution >= 4 is 5.97 Å². The molecule has 0 radical (unpaired) electrons. The largest absolute Gasteiger partial charge is 0.457 e. The van der Waals surface area contributed by atoms with Crippen LogP contribution in [0.5, 0.6) is 0 Å². The third kappa shape index (κ3) is 18.8. The molecule has 0 spiro atoms. The van der Waals surface area contributed by atoms with Crippen molar-refractivity contribution in [1.29, 1.82) is 0 Å². The topological polar surface area (TPSA) is 144 Å². The minimum Gasteiger partial charge on any atom is -0.457 e. The van der Waals surface area contributed by atoms with Gasteiger partial charge in [-0.3, -0.25) is 4.79 Å². The Labute approximate surface area is 304 Å². The van der Waals surface area contributed by atoms with Crippen LogP contribution >= 0.6 is 0 Å². The number of ether oxygens (including phenoxy) is 5. The molecule has 2 rings (SSSR count). The Morgan fingerprint density at radius 3 is 1.50 bits per heavy atom. The van der Waals surface area contributed by atoms with E-state index in [1.807, 2.05) is 6.92 Å². The van der Waals surface area contributed by atoms with Crippen molar-refractivity contribution in [3.8, 4) is 0 Å². The average Bonchev–Trinajstić information content (AvgIpc) is 3.37. The number of carbonyl (C=O) groups excluding carboxylic acids is 1. The Kier molecular flexibility index (Phi) is 24.3. The minimum atomic E-state index is -1.56. The molecule has 2 heterocycles. The molecule has 8 atom stereocenters. The molecule has 0 aromatic carbocycles. The fourth-order valence-electron chi connectivity index (χ4n) is 7.22. The molecule has 0 saturated carbocycles. The molecule has 5 unspecified atom stereocenters. The van der Waals surface area contributed by atoms with Gasteiger partial charge in [0.05, 0.1) is 19.3 Å². The summed E-state index contributed by atoms with van der Waals surface area (Å²) < 4.78 is 28.9. The van der Waals surface area contributed by atoms with Crippen molar-refractivity contribution in [2.75, 3.05) is 13.2 Å². The van der Waals surface area contributed by atoms with Gasteiger partial charge >= 0.3 is 5.97 Å². The molecule has 2 fully saturated rings. The van der Waals surface area contributed by atoms with Crippen molar-refractivity contribution < 1.29 is 48.9 Å². The van der Waals surface area contributed by atoms with E-state index in [2.05, 4.69) is 6.92 Å². The Bertz CT molecular complexity index is 839. The lowest BCUT2D eigenvalue weighted by molar-refractivity contribution is -0.306. The van der Waals surface area contributed by atoms with E-state index >= 15 is 0 Å². The molecule has 0 aromatic rings. The summed E-state index contributed by atoms with van der Waals surface area (Å²) >= 11 is 0. The zero-order chi connectivity index (χ0) is 36.6. The summed E-state index contributed by atoms with van der Waals surface area (Å²) in [5.74, 6) is -1.24. The third-order valence-electron chi connectivity index (χ3n) is 10.3. The van der Waals surface area contributed by atoms with Gasteiger partial charge in [0.2, 0.25) is 0 Å². The first kappa shape index (κ1) is 45.3. The Morgan fingerprint density at radius 1 is 0.660 bits per heavy atom. The third-order valence-corrected chi connectivity index (χ3v) is 10.3. The molecule has 10 heteroatoms. The fraction of sp³-hybridized carbons (Fsp3) is 0.975. The van der Waals surface area contributed by atoms with E-state index in [1.54, 1.807) is 13.8 Å². The predicted octanol–water partition coefficient (Wildman–Crippen LogP) is 7.64. The van der Waals surface area contributed by atoms with Crippen LogP contribution in [0.3, 0.4) is 0 Å². The van der Waals surface area contributed by atoms with Crippen LogP contribution in [0.2, 0.25) is 0 Å². The Hall–Kier alpha value is -0.850. The van der Waals surface area contributed by atoms with E-state index in [1.165, 1.54) is 128 Å². The second kappa shape index (κ2) is 26.8. The molecule has 2 aliphatic heterocycles. The van der Waals surface area contributed by atoms with Crippen molar-refractivity contribution in [1.82, 2.24) is 0 Å². The van der Waals surface area contributed by atoms with E-state index in [9.17, 15) is 25.2 Å². The summed E-state index contributed by atoms with van der Waals surface area (Å²) in [5, 5.41) is 40.0. The summed E-state index contributed by atoms with van der Waals surface area (Å²) in [4.78, 5) is 12.8. The van der Waals surface area contributed by atoms with Crippen molar-refractivity contribution in [3.63, 3.8) is 0 Å². The maximum Gasteiger partial charge on any atom is 0.306 e. The SMILES string of the molecule is CCCCCCCCCCCCCCCCCCCCCCCCCC(=O)O[C@@H](COC1OC(CO)C(O)C(O)C1O)[C@@H]1OC(C)(C)O[C@@H]1C. The number of hydrogen-bond donors (Lipinski definition) is 4. The highest BCUT2D eigenvalue weighted by atomic mass is 16.8. The highest BCUT2D eigenvalue weighted by Crippen LogP contribution is 2.32. The summed E-state index contributed by atoms with van der Waals surface area (Å²) in [6, 6.07) is 0. The smallest absolute Gasteiger partial charge is 0.306 e. The lowest BCUT2D eigenvalue weighted by atomic mass is 9.99. The van der Waals surface area contributed by atoms with Crippen LogP contribution in [0.15, 0.2) is 0 Å². The first-order valence-corrected chi connectivity index (χ1v) is 20.6. The standard InChI is InChI=1S/C40H76O10/c1-5-6-7-8-9-10-11-12-13-14-15-16-17-18-19-20-21-22-23-24-25-26-27-28-34(42)47-33(38-31(2)49-40(3,4)50-38)30-46-39-37(45)36(44)35(43)32(29-41)48-39/h31-33,35-39,41,43-45H,5-30H2,1-4H3/t31-,32?,33+,35?,36?,37?,38-,39?/m1/s1. The maximum absolute atomic E-state index is 12.8. The maximum atomic E-state index is 12.8. The van der Waals surface area contributed by atoms with Crippen LogP contribution in [0, 0.1) is 0 Å². The van der Waals surface area contributed by atoms with Crippen LogP contribution in [-0.2, 0) is 28.5 Å². The van der Waals surface area contributed by atoms with Crippen LogP contribution < -0.4 is 0 Å². The first-order valence-electron chi connectivity index (χ1n) is 20.6. The number of hydrogen-bond acceptors (Lipinski definition) is 10. The van der Waals surface area contributed by atoms with E-state index in [0.29, 0.717) is 0 Å². The molecule has 2 aliphatic rings. The Morgan fingerprint density at radius 2 is 1.10 bits per heavy atom. The van der Waals surface area contributed by atoms with Crippen molar-refractivity contribution in [2.45, 2.75) is 237 Å². The van der Waals surface area contributed by atoms with Crippen molar-refractivity contribution in [3.05, 3.63) is 0 Å². The number of unbranched alkanes of at least 4 members (excludes halogenated alkanes) is 22. The molecule has 10 nitrogen and oxygen atoms in total. The van der Waals surface area contributed by atoms with Gasteiger partial charge in [0.15, 0.2) is 18.2 Å². The first-order chi connectivity index (χ1) is 24.1. The van der Waals surface area contributed by atoms with E-state index in [4.69, 9.17) is 23.7 Å². The molecule has 2 saturated heterocycles. The molecule has 0 aromatic heterocycles. The van der Waals surface area contributed by atoms with Gasteiger partial charge in [-0.1, -0.05) is 148 Å². The van der Waals surface area contributed by atoms with Gasteiger partial charge in [0, 0.05) is 6.42 Å². The second-order valence-electron chi connectivity index (χ2n) is 15.4. The molecule has 0 amide bonds. The number of aliphatic hydroxyl groups is 4. The molecule has 4 N–H and O–H groups in total. The second-order valence-corrected chi connectivity index (χ2v) is 15.4. The zero-order valence-electron chi connectivity index (χ0n) is 32.2. The predicted molar refractivity (Wildman–Crippen MR) is 196 cm³/mol. The Balaban J connectivity index is 1.50. The number of rotatable bonds is 30. The van der Waals surface area contributed by atoms with Gasteiger partial charge in [-0.2, -0.15) is 0 Å². The van der Waals surface area contributed by atoms with Gasteiger partial charge in [-0.25, -0.2) is 0 Å². The van der Waals surface area contributed by atoms with E-state index in [-0.39, 0.29) is 25.1 Å². The monoisotopic (exact) mass is 717 g/mol. The highest BCUT2D eigenvalue weighted by Gasteiger charge is 2.47. The lowest BCUT2D eigenvalue weighted by Crippen LogP contribution is -2.59. The van der Waals surface area contributed by atoms with Gasteiger partial charge in [-0.05, 0) is 27.2 Å². The summed E-state index contributed by atoms with van der Waals surface area (Å²) in [6.07, 6.45) is 21.7.